The van der Waals surface area contributed by atoms with Crippen molar-refractivity contribution in [3.05, 3.63) is 83.7 Å². The van der Waals surface area contributed by atoms with Crippen molar-refractivity contribution in [2.24, 2.45) is 0 Å². The predicted octanol–water partition coefficient (Wildman–Crippen LogP) is -0.627. The van der Waals surface area contributed by atoms with Crippen molar-refractivity contribution in [3.8, 4) is 22.8 Å². The van der Waals surface area contributed by atoms with E-state index < -0.39 is 10.2 Å². The first-order valence-corrected chi connectivity index (χ1v) is 11.5. The molecule has 9 heteroatoms. The smallest absolute Gasteiger partial charge is 0.246 e. The van der Waals surface area contributed by atoms with Crippen LogP contribution in [0.5, 0.6) is 11.5 Å². The van der Waals surface area contributed by atoms with Crippen molar-refractivity contribution in [1.29, 1.82) is 0 Å². The average molecular weight is 486 g/mol. The Morgan fingerprint density at radius 1 is 0.912 bits per heavy atom. The predicted molar refractivity (Wildman–Crippen MR) is 114 cm³/mol. The Morgan fingerprint density at radius 3 is 2.24 bits per heavy atom. The van der Waals surface area contributed by atoms with E-state index in [-0.39, 0.29) is 0 Å². The van der Waals surface area contributed by atoms with Crippen LogP contribution >= 0.6 is 0 Å². The Balaban J connectivity index is 0.000000588. The highest BCUT2D eigenvalue weighted by Crippen LogP contribution is 2.24. The maximum absolute atomic E-state index is 8.49. The van der Waals surface area contributed by atoms with Crippen LogP contribution in [0.15, 0.2) is 77.2 Å². The maximum atomic E-state index is 8.49. The largest absolute Gasteiger partial charge is 0.497 e. The first-order valence-electron chi connectivity index (χ1n) is 10.3. The molecular formula is C25H24ClNO7. The van der Waals surface area contributed by atoms with Gasteiger partial charge in [0.05, 0.1) is 25.2 Å². The number of hydrogen-bond acceptors (Lipinski definition) is 7. The summed E-state index contributed by atoms with van der Waals surface area (Å²) in [7, 11) is -3.28. The molecular weight excluding hydrogens is 462 g/mol. The van der Waals surface area contributed by atoms with E-state index in [4.69, 9.17) is 32.5 Å². The summed E-state index contributed by atoms with van der Waals surface area (Å²) >= 11 is 0. The van der Waals surface area contributed by atoms with Crippen molar-refractivity contribution in [2.45, 2.75) is 13.8 Å². The molecule has 0 aliphatic carbocycles. The fourth-order valence-corrected chi connectivity index (χ4v) is 3.30. The second-order valence-corrected chi connectivity index (χ2v) is 7.94. The van der Waals surface area contributed by atoms with Crippen molar-refractivity contribution >= 4 is 16.7 Å². The molecule has 0 unspecified atom stereocenters. The van der Waals surface area contributed by atoms with Gasteiger partial charge < -0.3 is 13.9 Å². The van der Waals surface area contributed by atoms with Crippen LogP contribution in [0.3, 0.4) is 0 Å². The second kappa shape index (κ2) is 11.1. The molecule has 0 bridgehead atoms. The van der Waals surface area contributed by atoms with Crippen molar-refractivity contribution in [3.63, 3.8) is 0 Å². The number of halogens is 1. The molecule has 4 aromatic rings. The summed E-state index contributed by atoms with van der Waals surface area (Å²) in [6, 6.07) is 24.0. The summed E-state index contributed by atoms with van der Waals surface area (Å²) in [5, 5.41) is 1.99. The van der Waals surface area contributed by atoms with Crippen LogP contribution in [0.1, 0.15) is 12.5 Å². The highest BCUT2D eigenvalue weighted by Gasteiger charge is 2.12. The molecule has 4 rings (SSSR count). The summed E-state index contributed by atoms with van der Waals surface area (Å²) in [5.41, 5.74) is 3.89. The van der Waals surface area contributed by atoms with E-state index in [9.17, 15) is 0 Å². The normalized spacial score (nSPS) is 11.7. The minimum Gasteiger partial charge on any atom is -0.497 e. The molecule has 0 saturated heterocycles. The fraction of sp³-hybridized carbons (Fsp3) is 0.160. The van der Waals surface area contributed by atoms with Crippen LogP contribution in [0, 0.1) is 17.2 Å². The maximum Gasteiger partial charge on any atom is 0.246 e. The zero-order valence-corrected chi connectivity index (χ0v) is 19.6. The molecule has 0 radical (unpaired) electrons. The van der Waals surface area contributed by atoms with E-state index in [2.05, 4.69) is 24.0 Å². The molecule has 1 aromatic heterocycles. The molecule has 0 aliphatic heterocycles. The van der Waals surface area contributed by atoms with Gasteiger partial charge in [-0.15, -0.1) is 10.2 Å². The van der Waals surface area contributed by atoms with E-state index in [1.807, 2.05) is 67.6 Å². The van der Waals surface area contributed by atoms with E-state index in [0.717, 1.165) is 44.8 Å². The molecule has 34 heavy (non-hydrogen) atoms. The molecule has 0 aliphatic rings. The van der Waals surface area contributed by atoms with Gasteiger partial charge >= 0.3 is 0 Å². The number of ether oxygens (including phenoxy) is 2. The number of benzene rings is 3. The third kappa shape index (κ3) is 7.05. The molecule has 3 aromatic carbocycles. The molecule has 0 saturated carbocycles. The molecule has 0 fully saturated rings. The van der Waals surface area contributed by atoms with E-state index in [1.165, 1.54) is 5.56 Å². The lowest BCUT2D eigenvalue weighted by Gasteiger charge is -2.17. The van der Waals surface area contributed by atoms with Gasteiger partial charge in [-0.1, -0.05) is 23.8 Å². The number of methoxy groups -OCH3 is 1. The molecule has 0 atom stereocenters. The van der Waals surface area contributed by atoms with Crippen molar-refractivity contribution in [2.75, 3.05) is 13.7 Å². The number of aryl methyl sites for hydroxylation is 1. The zero-order valence-electron chi connectivity index (χ0n) is 18.9. The number of hydrogen-bond donors (Lipinski definition) is 1. The quantitative estimate of drug-likeness (QED) is 0.397. The summed E-state index contributed by atoms with van der Waals surface area (Å²) in [4.78, 5) is 3.55. The lowest BCUT2D eigenvalue weighted by molar-refractivity contribution is -2.00. The van der Waals surface area contributed by atoms with Gasteiger partial charge in [-0.2, -0.15) is 0 Å². The lowest BCUT2D eigenvalue weighted by atomic mass is 10.1. The van der Waals surface area contributed by atoms with Crippen LogP contribution in [0.2, 0.25) is 0 Å². The summed E-state index contributed by atoms with van der Waals surface area (Å²) in [6.45, 7) is 4.67. The van der Waals surface area contributed by atoms with Crippen LogP contribution < -0.4 is 38.5 Å². The third-order valence-electron chi connectivity index (χ3n) is 4.75. The zero-order chi connectivity index (χ0) is 24.7. The molecule has 0 spiro atoms. The van der Waals surface area contributed by atoms with Gasteiger partial charge in [0.2, 0.25) is 11.0 Å². The Kier molecular flexibility index (Phi) is 8.27. The highest BCUT2D eigenvalue weighted by atomic mass is 35.7. The SMILES string of the molecule is CCOc1ccccc1[NH+]=c1cc(-c2ccc(OC)cc2)oc2ccc(C)cc12.[O-][Cl+3]([O-])([O-])[O-]. The monoisotopic (exact) mass is 485 g/mol. The van der Waals surface area contributed by atoms with Gasteiger partial charge in [-0.3, -0.25) is 0 Å². The Bertz CT molecular complexity index is 1310. The lowest BCUT2D eigenvalue weighted by Crippen LogP contribution is -2.70. The third-order valence-corrected chi connectivity index (χ3v) is 4.75. The Labute approximate surface area is 198 Å². The summed E-state index contributed by atoms with van der Waals surface area (Å²) in [6.07, 6.45) is 0. The minimum atomic E-state index is -4.94. The van der Waals surface area contributed by atoms with E-state index in [1.54, 1.807) is 7.11 Å². The van der Waals surface area contributed by atoms with Crippen LogP contribution in [-0.4, -0.2) is 13.7 Å². The molecule has 178 valence electrons. The van der Waals surface area contributed by atoms with Gasteiger partial charge in [0.1, 0.15) is 17.1 Å². The first kappa shape index (κ1) is 25.2. The van der Waals surface area contributed by atoms with Crippen LogP contribution in [0.25, 0.3) is 22.3 Å². The molecule has 1 heterocycles. The van der Waals surface area contributed by atoms with Crippen molar-refractivity contribution in [1.82, 2.24) is 0 Å². The highest BCUT2D eigenvalue weighted by molar-refractivity contribution is 5.79. The number of fused-ring (bicyclic) bond motifs is 1. The van der Waals surface area contributed by atoms with Crippen LogP contribution in [0.4, 0.5) is 5.69 Å². The minimum absolute atomic E-state index is 0.611. The van der Waals surface area contributed by atoms with Gasteiger partial charge in [-0.25, -0.2) is 23.6 Å². The number of nitrogens with one attached hydrogen (secondary N) is 1. The van der Waals surface area contributed by atoms with Gasteiger partial charge in [0.25, 0.3) is 0 Å². The summed E-state index contributed by atoms with van der Waals surface area (Å²) in [5.74, 6) is 2.41. The molecule has 8 nitrogen and oxygen atoms in total. The Morgan fingerprint density at radius 2 is 1.59 bits per heavy atom. The summed E-state index contributed by atoms with van der Waals surface area (Å²) < 4.78 is 51.2. The van der Waals surface area contributed by atoms with Gasteiger partial charge in [0.15, 0.2) is 5.75 Å². The first-order chi connectivity index (χ1) is 16.2. The number of para-hydroxylation sites is 2. The van der Waals surface area contributed by atoms with Crippen LogP contribution in [-0.2, 0) is 0 Å². The second-order valence-electron chi connectivity index (χ2n) is 7.18. The molecule has 1 N–H and O–H groups in total. The Hall–Kier alpha value is -3.40. The molecule has 0 amide bonds. The van der Waals surface area contributed by atoms with Gasteiger partial charge in [-0.05, 0) is 56.3 Å². The van der Waals surface area contributed by atoms with E-state index in [0.29, 0.717) is 6.61 Å². The number of rotatable bonds is 5. The standard InChI is InChI=1S/C25H23NO3.ClHO4/c1-4-28-24-8-6-5-7-21(24)26-22-16-25(18-10-12-19(27-3)13-11-18)29-23-14-9-17(2)15-20(22)23;2-1(3,4)5/h5-16H,4H2,1-3H3;(H,2,3,4,5). The van der Waals surface area contributed by atoms with Gasteiger partial charge in [0, 0.05) is 11.6 Å². The average Bonchev–Trinajstić information content (AvgIpc) is 2.79. The van der Waals surface area contributed by atoms with E-state index >= 15 is 0 Å². The topological polar surface area (TPSA) is 138 Å². The fourth-order valence-electron chi connectivity index (χ4n) is 3.30. The van der Waals surface area contributed by atoms with Crippen molar-refractivity contribution < 1.29 is 47.8 Å².